The number of phenolic OH excluding ortho intramolecular Hbond substituents is 1. The van der Waals surface area contributed by atoms with Gasteiger partial charge in [-0.2, -0.15) is 13.2 Å². The Kier molecular flexibility index (Phi) is 5.06. The monoisotopic (exact) mass is 326 g/mol. The van der Waals surface area contributed by atoms with Crippen LogP contribution in [0.4, 0.5) is 13.2 Å². The van der Waals surface area contributed by atoms with Gasteiger partial charge in [0.2, 0.25) is 0 Å². The number of rotatable bonds is 5. The first-order valence-electron chi connectivity index (χ1n) is 5.55. The van der Waals surface area contributed by atoms with Crippen molar-refractivity contribution in [2.24, 2.45) is 5.92 Å². The fourth-order valence-electron chi connectivity index (χ4n) is 1.73. The van der Waals surface area contributed by atoms with Crippen LogP contribution in [0.15, 0.2) is 12.1 Å². The number of benzene rings is 1. The molecule has 1 rings (SSSR count). The molecule has 0 aliphatic rings. The molecule has 1 atom stereocenters. The summed E-state index contributed by atoms with van der Waals surface area (Å²) in [6, 6.07) is 1.53. The number of hydrogen-bond acceptors (Lipinski definition) is 3. The number of aromatic hydroxyl groups is 1. The number of alkyl halides is 3. The molecule has 1 aromatic carbocycles. The molecule has 9 heteroatoms. The van der Waals surface area contributed by atoms with Gasteiger partial charge in [-0.25, -0.2) is 0 Å². The first-order valence-corrected chi connectivity index (χ1v) is 5.93. The maximum Gasteiger partial charge on any atom is 0.420 e. The van der Waals surface area contributed by atoms with Gasteiger partial charge in [0, 0.05) is 0 Å². The zero-order valence-electron chi connectivity index (χ0n) is 10.3. The average Bonchev–Trinajstić information content (AvgIpc) is 2.30. The number of aliphatic carboxylic acids is 2. The second-order valence-corrected chi connectivity index (χ2v) is 4.72. The van der Waals surface area contributed by atoms with Gasteiger partial charge >= 0.3 is 18.1 Å². The minimum atomic E-state index is -4.87. The van der Waals surface area contributed by atoms with Crippen LogP contribution in [0.3, 0.4) is 0 Å². The minimum Gasteiger partial charge on any atom is -0.506 e. The molecule has 0 bridgehead atoms. The number of carboxylic acid groups (broad SMARTS) is 2. The van der Waals surface area contributed by atoms with E-state index in [0.717, 1.165) is 6.07 Å². The molecule has 0 aliphatic carbocycles. The van der Waals surface area contributed by atoms with E-state index in [9.17, 15) is 27.9 Å². The van der Waals surface area contributed by atoms with Crippen molar-refractivity contribution in [1.82, 2.24) is 0 Å². The lowest BCUT2D eigenvalue weighted by atomic mass is 9.95. The van der Waals surface area contributed by atoms with Crippen LogP contribution in [0.1, 0.15) is 17.5 Å². The lowest BCUT2D eigenvalue weighted by Gasteiger charge is -2.14. The molecule has 0 heterocycles. The van der Waals surface area contributed by atoms with Crippen LogP contribution in [0.2, 0.25) is 5.02 Å². The van der Waals surface area contributed by atoms with E-state index in [1.54, 1.807) is 0 Å². The minimum absolute atomic E-state index is 0.126. The lowest BCUT2D eigenvalue weighted by molar-refractivity contribution is -0.148. The van der Waals surface area contributed by atoms with Gasteiger partial charge < -0.3 is 15.3 Å². The Morgan fingerprint density at radius 3 is 2.24 bits per heavy atom. The van der Waals surface area contributed by atoms with Gasteiger partial charge in [0.15, 0.2) is 0 Å². The summed E-state index contributed by atoms with van der Waals surface area (Å²) in [5.41, 5.74) is -1.52. The number of hydrogen-bond donors (Lipinski definition) is 3. The summed E-state index contributed by atoms with van der Waals surface area (Å²) in [5.74, 6) is -5.39. The third-order valence-electron chi connectivity index (χ3n) is 2.68. The van der Waals surface area contributed by atoms with Crippen LogP contribution in [0.5, 0.6) is 5.75 Å². The van der Waals surface area contributed by atoms with Gasteiger partial charge in [-0.05, 0) is 24.1 Å². The van der Waals surface area contributed by atoms with Gasteiger partial charge in [-0.1, -0.05) is 11.6 Å². The normalized spacial score (nSPS) is 13.0. The van der Waals surface area contributed by atoms with Crippen molar-refractivity contribution >= 4 is 23.5 Å². The largest absolute Gasteiger partial charge is 0.506 e. The van der Waals surface area contributed by atoms with Crippen LogP contribution >= 0.6 is 11.6 Å². The van der Waals surface area contributed by atoms with E-state index >= 15 is 0 Å². The predicted octanol–water partition coefficient (Wildman–Crippen LogP) is 2.78. The Morgan fingerprint density at radius 1 is 1.24 bits per heavy atom. The topological polar surface area (TPSA) is 94.8 Å². The first kappa shape index (κ1) is 17.1. The molecule has 21 heavy (non-hydrogen) atoms. The molecule has 0 spiro atoms. The molecule has 1 aromatic rings. The van der Waals surface area contributed by atoms with Crippen molar-refractivity contribution in [3.63, 3.8) is 0 Å². The zero-order chi connectivity index (χ0) is 16.4. The predicted molar refractivity (Wildman–Crippen MR) is 65.2 cm³/mol. The summed E-state index contributed by atoms with van der Waals surface area (Å²) in [7, 11) is 0. The third kappa shape index (κ3) is 4.52. The Bertz CT molecular complexity index is 571. The van der Waals surface area contributed by atoms with Gasteiger partial charge in [0.05, 0.1) is 22.9 Å². The molecular weight excluding hydrogens is 317 g/mol. The van der Waals surface area contributed by atoms with Crippen molar-refractivity contribution in [2.45, 2.75) is 19.0 Å². The zero-order valence-corrected chi connectivity index (χ0v) is 11.1. The van der Waals surface area contributed by atoms with Gasteiger partial charge in [0.1, 0.15) is 5.75 Å². The van der Waals surface area contributed by atoms with Crippen LogP contribution in [0, 0.1) is 5.92 Å². The van der Waals surface area contributed by atoms with Crippen molar-refractivity contribution in [3.05, 3.63) is 28.3 Å². The fourth-order valence-corrected chi connectivity index (χ4v) is 1.97. The SMILES string of the molecule is O=C(O)CC(Cc1cc(Cl)c(O)c(C(F)(F)F)c1)C(=O)O. The Labute approximate surface area is 121 Å². The molecule has 3 N–H and O–H groups in total. The molecule has 0 aromatic heterocycles. The standard InChI is InChI=1S/C12H10ClF3O5/c13-8-3-5(1-6(11(20)21)4-9(17)18)2-7(10(8)19)12(14,15)16/h2-3,6,19H,1,4H2,(H,17,18)(H,20,21). The van der Waals surface area contributed by atoms with Crippen molar-refractivity contribution in [1.29, 1.82) is 0 Å². The van der Waals surface area contributed by atoms with Gasteiger partial charge in [-0.3, -0.25) is 9.59 Å². The Hall–Kier alpha value is -1.96. The molecule has 0 aliphatic heterocycles. The van der Waals surface area contributed by atoms with E-state index in [2.05, 4.69) is 0 Å². The van der Waals surface area contributed by atoms with E-state index in [4.69, 9.17) is 21.8 Å². The van der Waals surface area contributed by atoms with E-state index in [1.807, 2.05) is 0 Å². The molecule has 0 amide bonds. The van der Waals surface area contributed by atoms with Crippen LogP contribution in [-0.2, 0) is 22.2 Å². The summed E-state index contributed by atoms with van der Waals surface area (Å²) in [4.78, 5) is 21.4. The lowest BCUT2D eigenvalue weighted by Crippen LogP contribution is -2.20. The molecule has 0 saturated carbocycles. The van der Waals surface area contributed by atoms with Crippen molar-refractivity contribution in [2.75, 3.05) is 0 Å². The summed E-state index contributed by atoms with van der Waals surface area (Å²) < 4.78 is 38.1. The Morgan fingerprint density at radius 2 is 1.81 bits per heavy atom. The highest BCUT2D eigenvalue weighted by Crippen LogP contribution is 2.40. The van der Waals surface area contributed by atoms with Gasteiger partial charge in [0.25, 0.3) is 0 Å². The molecule has 1 unspecified atom stereocenters. The summed E-state index contributed by atoms with van der Waals surface area (Å²) in [5, 5.41) is 26.2. The highest BCUT2D eigenvalue weighted by atomic mass is 35.5. The number of halogens is 4. The summed E-state index contributed by atoms with van der Waals surface area (Å²) >= 11 is 5.48. The van der Waals surface area contributed by atoms with Crippen LogP contribution in [0.25, 0.3) is 0 Å². The maximum absolute atomic E-state index is 12.7. The Balaban J connectivity index is 3.16. The highest BCUT2D eigenvalue weighted by Gasteiger charge is 2.35. The van der Waals surface area contributed by atoms with Crippen LogP contribution < -0.4 is 0 Å². The second-order valence-electron chi connectivity index (χ2n) is 4.31. The molecular formula is C12H10ClF3O5. The van der Waals surface area contributed by atoms with Crippen LogP contribution in [-0.4, -0.2) is 27.3 Å². The molecule has 0 fully saturated rings. The number of carboxylic acids is 2. The molecule has 0 saturated heterocycles. The summed E-state index contributed by atoms with van der Waals surface area (Å²) in [6.45, 7) is 0. The number of carbonyl (C=O) groups is 2. The average molecular weight is 327 g/mol. The first-order chi connectivity index (χ1) is 9.52. The second kappa shape index (κ2) is 6.21. The molecule has 116 valence electrons. The highest BCUT2D eigenvalue weighted by molar-refractivity contribution is 6.32. The maximum atomic E-state index is 12.7. The van der Waals surface area contributed by atoms with E-state index in [1.165, 1.54) is 0 Å². The quantitative estimate of drug-likeness (QED) is 0.773. The van der Waals surface area contributed by atoms with E-state index in [-0.39, 0.29) is 5.56 Å². The van der Waals surface area contributed by atoms with Gasteiger partial charge in [-0.15, -0.1) is 0 Å². The third-order valence-corrected chi connectivity index (χ3v) is 2.97. The van der Waals surface area contributed by atoms with Crippen molar-refractivity contribution in [3.8, 4) is 5.75 Å². The molecule has 5 nitrogen and oxygen atoms in total. The van der Waals surface area contributed by atoms with Crippen molar-refractivity contribution < 1.29 is 38.1 Å². The van der Waals surface area contributed by atoms with E-state index in [0.29, 0.717) is 6.07 Å². The summed E-state index contributed by atoms with van der Waals surface area (Å²) in [6.07, 6.45) is -6.06. The number of phenols is 1. The smallest absolute Gasteiger partial charge is 0.420 e. The fraction of sp³-hybridized carbons (Fsp3) is 0.333. The van der Waals surface area contributed by atoms with E-state index < -0.39 is 53.2 Å². The molecule has 0 radical (unpaired) electrons.